The summed E-state index contributed by atoms with van der Waals surface area (Å²) in [5.74, 6) is 3.71. The third-order valence-electron chi connectivity index (χ3n) is 7.53. The fraction of sp³-hybridized carbons (Fsp3) is 0.818. The fourth-order valence-corrected chi connectivity index (χ4v) is 6.57. The highest BCUT2D eigenvalue weighted by molar-refractivity contribution is 7.89. The van der Waals surface area contributed by atoms with Crippen molar-refractivity contribution in [2.45, 2.75) is 45.4 Å². The molecule has 1 saturated carbocycles. The molecular weight excluding hydrogens is 436 g/mol. The van der Waals surface area contributed by atoms with Gasteiger partial charge in [0.1, 0.15) is 0 Å². The molecule has 2 aliphatic heterocycles. The zero-order valence-electron chi connectivity index (χ0n) is 18.5. The first-order chi connectivity index (χ1) is 15.0. The van der Waals surface area contributed by atoms with Crippen LogP contribution in [0.4, 0.5) is 5.95 Å². The molecule has 0 amide bonds. The minimum Gasteiger partial charge on any atom is -0.381 e. The largest absolute Gasteiger partial charge is 0.381 e. The molecule has 0 N–H and O–H groups in total. The molecule has 2 saturated heterocycles. The summed E-state index contributed by atoms with van der Waals surface area (Å²) in [5.41, 5.74) is 0. The van der Waals surface area contributed by atoms with Crippen LogP contribution in [0.15, 0.2) is 12.4 Å². The van der Waals surface area contributed by atoms with Gasteiger partial charge in [0.15, 0.2) is 0 Å². The average Bonchev–Trinajstić information content (AvgIpc) is 2.77. The Morgan fingerprint density at radius 1 is 1.00 bits per heavy atom. The summed E-state index contributed by atoms with van der Waals surface area (Å²) in [6.07, 6.45) is 10.2. The lowest BCUT2D eigenvalue weighted by atomic mass is 9.65. The van der Waals surface area contributed by atoms with Gasteiger partial charge >= 0.3 is 0 Å². The molecule has 174 valence electrons. The molecule has 4 rings (SSSR count). The van der Waals surface area contributed by atoms with E-state index in [4.69, 9.17) is 16.3 Å². The van der Waals surface area contributed by atoms with Crippen LogP contribution in [0, 0.1) is 23.7 Å². The van der Waals surface area contributed by atoms with E-state index < -0.39 is 10.0 Å². The van der Waals surface area contributed by atoms with Crippen molar-refractivity contribution in [2.75, 3.05) is 50.0 Å². The van der Waals surface area contributed by atoms with Gasteiger partial charge in [-0.2, -0.15) is 0 Å². The minimum atomic E-state index is -3.04. The van der Waals surface area contributed by atoms with E-state index in [0.717, 1.165) is 56.9 Å². The first-order valence-corrected chi connectivity index (χ1v) is 13.7. The molecule has 0 bridgehead atoms. The summed E-state index contributed by atoms with van der Waals surface area (Å²) in [4.78, 5) is 11.0. The van der Waals surface area contributed by atoms with Crippen molar-refractivity contribution in [3.8, 4) is 0 Å². The monoisotopic (exact) mass is 470 g/mol. The summed E-state index contributed by atoms with van der Waals surface area (Å²) in [6.45, 7) is 6.66. The van der Waals surface area contributed by atoms with Gasteiger partial charge in [0.05, 0.1) is 23.2 Å². The molecule has 3 aliphatic rings. The maximum absolute atomic E-state index is 12.0. The third kappa shape index (κ3) is 5.70. The molecule has 7 nitrogen and oxygen atoms in total. The number of anilines is 1. The highest BCUT2D eigenvalue weighted by atomic mass is 35.5. The van der Waals surface area contributed by atoms with Gasteiger partial charge in [0.2, 0.25) is 16.0 Å². The van der Waals surface area contributed by atoms with Gasteiger partial charge in [-0.05, 0) is 69.1 Å². The Labute approximate surface area is 191 Å². The Morgan fingerprint density at radius 3 is 2.26 bits per heavy atom. The molecule has 9 heteroatoms. The highest BCUT2D eigenvalue weighted by Crippen LogP contribution is 2.44. The molecule has 31 heavy (non-hydrogen) atoms. The normalized spacial score (nSPS) is 26.7. The smallest absolute Gasteiger partial charge is 0.225 e. The summed E-state index contributed by atoms with van der Waals surface area (Å²) >= 11 is 5.90. The number of hydrogen-bond donors (Lipinski definition) is 0. The predicted molar refractivity (Wildman–Crippen MR) is 123 cm³/mol. The lowest BCUT2D eigenvalue weighted by Gasteiger charge is -2.45. The number of hydrogen-bond acceptors (Lipinski definition) is 6. The number of piperidine rings is 2. The Hall–Kier alpha value is -0.960. The van der Waals surface area contributed by atoms with E-state index in [1.165, 1.54) is 25.7 Å². The summed E-state index contributed by atoms with van der Waals surface area (Å²) < 4.78 is 31.8. The van der Waals surface area contributed by atoms with E-state index in [2.05, 4.69) is 14.9 Å². The molecular formula is C22H35ClN4O3S. The van der Waals surface area contributed by atoms with Crippen molar-refractivity contribution in [1.82, 2.24) is 14.3 Å². The molecule has 3 heterocycles. The van der Waals surface area contributed by atoms with Crippen LogP contribution >= 0.6 is 11.6 Å². The van der Waals surface area contributed by atoms with Crippen LogP contribution in [-0.4, -0.2) is 67.8 Å². The van der Waals surface area contributed by atoms with Gasteiger partial charge in [0.25, 0.3) is 0 Å². The molecule has 3 fully saturated rings. The van der Waals surface area contributed by atoms with E-state index in [-0.39, 0.29) is 5.75 Å². The summed E-state index contributed by atoms with van der Waals surface area (Å²) in [5, 5.41) is 0.576. The van der Waals surface area contributed by atoms with Crippen LogP contribution in [0.1, 0.15) is 45.4 Å². The van der Waals surface area contributed by atoms with Crippen molar-refractivity contribution in [2.24, 2.45) is 23.7 Å². The molecule has 1 aromatic heterocycles. The zero-order chi connectivity index (χ0) is 21.8. The number of halogens is 1. The van der Waals surface area contributed by atoms with Gasteiger partial charge in [-0.1, -0.05) is 11.6 Å². The van der Waals surface area contributed by atoms with Gasteiger partial charge in [-0.25, -0.2) is 22.7 Å². The fourth-order valence-electron chi connectivity index (χ4n) is 5.34. The lowest BCUT2D eigenvalue weighted by Crippen LogP contribution is -2.43. The number of ether oxygens (including phenoxy) is 1. The highest BCUT2D eigenvalue weighted by Gasteiger charge is 2.38. The quantitative estimate of drug-likeness (QED) is 0.579. The average molecular weight is 471 g/mol. The molecule has 0 radical (unpaired) electrons. The van der Waals surface area contributed by atoms with E-state index in [9.17, 15) is 8.42 Å². The third-order valence-corrected chi connectivity index (χ3v) is 9.60. The first-order valence-electron chi connectivity index (χ1n) is 11.7. The van der Waals surface area contributed by atoms with E-state index in [1.54, 1.807) is 23.6 Å². The molecule has 2 atom stereocenters. The lowest BCUT2D eigenvalue weighted by molar-refractivity contribution is -0.0139. The van der Waals surface area contributed by atoms with E-state index in [0.29, 0.717) is 29.9 Å². The Kier molecular flexibility index (Phi) is 7.72. The maximum atomic E-state index is 12.0. The number of nitrogens with zero attached hydrogens (tertiary/aromatic N) is 4. The second kappa shape index (κ2) is 10.3. The van der Waals surface area contributed by atoms with Crippen LogP contribution in [0.3, 0.4) is 0 Å². The summed E-state index contributed by atoms with van der Waals surface area (Å²) in [6, 6.07) is 0. The second-order valence-corrected chi connectivity index (χ2v) is 12.0. The first kappa shape index (κ1) is 23.2. The van der Waals surface area contributed by atoms with Gasteiger partial charge in [-0.3, -0.25) is 0 Å². The molecule has 0 spiro atoms. The van der Waals surface area contributed by atoms with Gasteiger partial charge < -0.3 is 9.64 Å². The molecule has 1 aliphatic carbocycles. The molecule has 0 aromatic carbocycles. The van der Waals surface area contributed by atoms with E-state index >= 15 is 0 Å². The zero-order valence-corrected chi connectivity index (χ0v) is 20.0. The SMILES string of the molecule is CCS(=O)(=O)N1CCC(COCC2CCC2C2CCN(c3ncc(Cl)cn3)CC2)CC1. The van der Waals surface area contributed by atoms with Crippen LogP contribution in [0.25, 0.3) is 0 Å². The molecule has 1 aromatic rings. The topological polar surface area (TPSA) is 75.6 Å². The van der Waals surface area contributed by atoms with Crippen molar-refractivity contribution in [1.29, 1.82) is 0 Å². The van der Waals surface area contributed by atoms with Crippen molar-refractivity contribution in [3.63, 3.8) is 0 Å². The van der Waals surface area contributed by atoms with Crippen LogP contribution in [-0.2, 0) is 14.8 Å². The predicted octanol–water partition coefficient (Wildman–Crippen LogP) is 3.45. The van der Waals surface area contributed by atoms with Gasteiger partial charge in [-0.15, -0.1) is 0 Å². The Bertz CT molecular complexity index is 807. The number of aromatic nitrogens is 2. The van der Waals surface area contributed by atoms with Crippen LogP contribution in [0.2, 0.25) is 5.02 Å². The Balaban J connectivity index is 1.15. The van der Waals surface area contributed by atoms with Crippen LogP contribution < -0.4 is 4.90 Å². The van der Waals surface area contributed by atoms with Crippen molar-refractivity contribution >= 4 is 27.6 Å². The van der Waals surface area contributed by atoms with E-state index in [1.807, 2.05) is 0 Å². The Morgan fingerprint density at radius 2 is 1.68 bits per heavy atom. The number of rotatable bonds is 8. The number of sulfonamides is 1. The van der Waals surface area contributed by atoms with Gasteiger partial charge in [0, 0.05) is 39.4 Å². The maximum Gasteiger partial charge on any atom is 0.225 e. The standard InChI is InChI=1S/C22H35ClN4O3S/c1-2-31(28,29)27-11-5-17(6-12-27)15-30-16-19-3-4-21(19)18-7-9-26(10-8-18)22-24-13-20(23)14-25-22/h13-14,17-19,21H,2-12,15-16H2,1H3. The van der Waals surface area contributed by atoms with Crippen LogP contribution in [0.5, 0.6) is 0 Å². The van der Waals surface area contributed by atoms with Crippen molar-refractivity contribution in [3.05, 3.63) is 17.4 Å². The molecule has 2 unspecified atom stereocenters. The summed E-state index contributed by atoms with van der Waals surface area (Å²) in [7, 11) is -3.04. The minimum absolute atomic E-state index is 0.197. The second-order valence-electron chi connectivity index (χ2n) is 9.31. The van der Waals surface area contributed by atoms with Crippen molar-refractivity contribution < 1.29 is 13.2 Å².